The van der Waals surface area contributed by atoms with E-state index in [2.05, 4.69) is 0 Å². The summed E-state index contributed by atoms with van der Waals surface area (Å²) in [6, 6.07) is 7.27. The van der Waals surface area contributed by atoms with Crippen molar-refractivity contribution in [3.8, 4) is 5.75 Å². The van der Waals surface area contributed by atoms with Crippen molar-refractivity contribution in [2.24, 2.45) is 11.7 Å². The summed E-state index contributed by atoms with van der Waals surface area (Å²) in [5, 5.41) is 0. The molecule has 0 heterocycles. The number of ether oxygens (including phenoxy) is 1. The lowest BCUT2D eigenvalue weighted by Gasteiger charge is -2.22. The lowest BCUT2D eigenvalue weighted by atomic mass is 9.87. The van der Waals surface area contributed by atoms with Crippen LogP contribution in [0, 0.1) is 5.92 Å². The fourth-order valence-corrected chi connectivity index (χ4v) is 2.07. The average Bonchev–Trinajstić information content (AvgIpc) is 3.13. The zero-order valence-corrected chi connectivity index (χ0v) is 10.4. The van der Waals surface area contributed by atoms with Crippen molar-refractivity contribution in [2.75, 3.05) is 6.61 Å². The quantitative estimate of drug-likeness (QED) is 0.794. The molecule has 3 heteroatoms. The van der Waals surface area contributed by atoms with Crippen molar-refractivity contribution < 1.29 is 9.53 Å². The van der Waals surface area contributed by atoms with Crippen molar-refractivity contribution in [1.82, 2.24) is 0 Å². The van der Waals surface area contributed by atoms with Crippen molar-refractivity contribution in [1.29, 1.82) is 0 Å². The third kappa shape index (κ3) is 2.50. The number of rotatable bonds is 5. The van der Waals surface area contributed by atoms with Crippen LogP contribution in [-0.4, -0.2) is 17.9 Å². The van der Waals surface area contributed by atoms with E-state index < -0.39 is 5.54 Å². The fourth-order valence-electron chi connectivity index (χ4n) is 2.07. The molecule has 92 valence electrons. The lowest BCUT2D eigenvalue weighted by molar-refractivity contribution is 0.0883. The van der Waals surface area contributed by atoms with E-state index >= 15 is 0 Å². The highest BCUT2D eigenvalue weighted by Crippen LogP contribution is 2.39. The molecule has 1 saturated carbocycles. The molecule has 1 atom stereocenters. The maximum atomic E-state index is 12.3. The summed E-state index contributed by atoms with van der Waals surface area (Å²) in [5.74, 6) is 1.08. The van der Waals surface area contributed by atoms with Gasteiger partial charge in [-0.2, -0.15) is 0 Å². The van der Waals surface area contributed by atoms with E-state index in [0.717, 1.165) is 18.6 Å². The highest BCUT2D eigenvalue weighted by molar-refractivity contribution is 6.03. The van der Waals surface area contributed by atoms with Crippen LogP contribution < -0.4 is 10.5 Å². The topological polar surface area (TPSA) is 52.3 Å². The van der Waals surface area contributed by atoms with Crippen molar-refractivity contribution in [3.05, 3.63) is 29.8 Å². The summed E-state index contributed by atoms with van der Waals surface area (Å²) in [4.78, 5) is 12.3. The molecule has 0 spiro atoms. The summed E-state index contributed by atoms with van der Waals surface area (Å²) in [6.07, 6.45) is 2.12. The Morgan fingerprint density at radius 1 is 1.53 bits per heavy atom. The Bertz CT molecular complexity index is 422. The van der Waals surface area contributed by atoms with E-state index in [1.807, 2.05) is 26.0 Å². The van der Waals surface area contributed by atoms with Crippen LogP contribution in [0.5, 0.6) is 5.75 Å². The fraction of sp³-hybridized carbons (Fsp3) is 0.500. The number of hydrogen-bond acceptors (Lipinski definition) is 3. The largest absolute Gasteiger partial charge is 0.494 e. The molecule has 17 heavy (non-hydrogen) atoms. The predicted octanol–water partition coefficient (Wildman–Crippen LogP) is 2.40. The number of hydrogen-bond donors (Lipinski definition) is 1. The number of benzene rings is 1. The molecule has 1 fully saturated rings. The van der Waals surface area contributed by atoms with Crippen LogP contribution in [0.4, 0.5) is 0 Å². The smallest absolute Gasteiger partial charge is 0.182 e. The van der Waals surface area contributed by atoms with Crippen LogP contribution >= 0.6 is 0 Å². The van der Waals surface area contributed by atoms with Gasteiger partial charge in [-0.3, -0.25) is 4.79 Å². The van der Waals surface area contributed by atoms with Gasteiger partial charge in [0.15, 0.2) is 5.78 Å². The molecular formula is C14H19NO2. The van der Waals surface area contributed by atoms with Gasteiger partial charge in [0.1, 0.15) is 5.75 Å². The van der Waals surface area contributed by atoms with Gasteiger partial charge in [0.2, 0.25) is 0 Å². The first-order valence-corrected chi connectivity index (χ1v) is 6.12. The van der Waals surface area contributed by atoms with Crippen LogP contribution in [-0.2, 0) is 0 Å². The van der Waals surface area contributed by atoms with Crippen LogP contribution in [0.25, 0.3) is 0 Å². The number of Topliss-reactive ketones (excluding diaryl/α,β-unsaturated/α-hetero) is 1. The Labute approximate surface area is 102 Å². The van der Waals surface area contributed by atoms with Gasteiger partial charge in [-0.25, -0.2) is 0 Å². The van der Waals surface area contributed by atoms with Gasteiger partial charge in [-0.05, 0) is 44.7 Å². The Morgan fingerprint density at radius 3 is 2.82 bits per heavy atom. The summed E-state index contributed by atoms with van der Waals surface area (Å²) < 4.78 is 5.39. The van der Waals surface area contributed by atoms with Gasteiger partial charge in [0, 0.05) is 5.56 Å². The SMILES string of the molecule is CCOc1cccc(C(=O)C(C)(N)C2CC2)c1. The molecule has 1 aliphatic carbocycles. The van der Waals surface area contributed by atoms with Crippen LogP contribution in [0.15, 0.2) is 24.3 Å². The highest BCUT2D eigenvalue weighted by Gasteiger charge is 2.44. The predicted molar refractivity (Wildman–Crippen MR) is 67.3 cm³/mol. The molecule has 0 amide bonds. The second-order valence-corrected chi connectivity index (χ2v) is 4.85. The van der Waals surface area contributed by atoms with Gasteiger partial charge in [0.25, 0.3) is 0 Å². The normalized spacial score (nSPS) is 18.5. The molecule has 0 aliphatic heterocycles. The highest BCUT2D eigenvalue weighted by atomic mass is 16.5. The molecule has 2 rings (SSSR count). The average molecular weight is 233 g/mol. The van der Waals surface area contributed by atoms with Gasteiger partial charge in [-0.1, -0.05) is 12.1 Å². The van der Waals surface area contributed by atoms with E-state index in [1.54, 1.807) is 12.1 Å². The molecule has 1 unspecified atom stereocenters. The molecule has 1 aliphatic rings. The van der Waals surface area contributed by atoms with E-state index in [-0.39, 0.29) is 5.78 Å². The Balaban J connectivity index is 2.21. The van der Waals surface area contributed by atoms with Crippen molar-refractivity contribution in [3.63, 3.8) is 0 Å². The number of carbonyl (C=O) groups excluding carboxylic acids is 1. The minimum absolute atomic E-state index is 0.0153. The molecule has 0 radical (unpaired) electrons. The second kappa shape index (κ2) is 4.49. The van der Waals surface area contributed by atoms with Crippen LogP contribution in [0.1, 0.15) is 37.0 Å². The molecule has 2 N–H and O–H groups in total. The van der Waals surface area contributed by atoms with E-state index in [1.165, 1.54) is 0 Å². The van der Waals surface area contributed by atoms with Gasteiger partial charge >= 0.3 is 0 Å². The first kappa shape index (κ1) is 12.1. The molecule has 1 aromatic rings. The van der Waals surface area contributed by atoms with Gasteiger partial charge in [-0.15, -0.1) is 0 Å². The third-order valence-electron chi connectivity index (χ3n) is 3.32. The van der Waals surface area contributed by atoms with E-state index in [0.29, 0.717) is 18.1 Å². The third-order valence-corrected chi connectivity index (χ3v) is 3.32. The first-order chi connectivity index (χ1) is 8.05. The maximum absolute atomic E-state index is 12.3. The molecule has 1 aromatic carbocycles. The summed E-state index contributed by atoms with van der Waals surface area (Å²) in [5.41, 5.74) is 6.05. The van der Waals surface area contributed by atoms with E-state index in [9.17, 15) is 4.79 Å². The van der Waals surface area contributed by atoms with E-state index in [4.69, 9.17) is 10.5 Å². The molecule has 0 saturated heterocycles. The summed E-state index contributed by atoms with van der Waals surface area (Å²) in [7, 11) is 0. The molecule has 0 bridgehead atoms. The monoisotopic (exact) mass is 233 g/mol. The second-order valence-electron chi connectivity index (χ2n) is 4.85. The van der Waals surface area contributed by atoms with Crippen molar-refractivity contribution >= 4 is 5.78 Å². The zero-order valence-electron chi connectivity index (χ0n) is 10.4. The molecule has 0 aromatic heterocycles. The molecular weight excluding hydrogens is 214 g/mol. The Hall–Kier alpha value is -1.35. The standard InChI is InChI=1S/C14H19NO2/c1-3-17-12-6-4-5-10(9-12)13(16)14(2,15)11-7-8-11/h4-6,9,11H,3,7-8,15H2,1-2H3. The minimum Gasteiger partial charge on any atom is -0.494 e. The summed E-state index contributed by atoms with van der Waals surface area (Å²) in [6.45, 7) is 4.35. The Kier molecular flexibility index (Phi) is 3.20. The zero-order chi connectivity index (χ0) is 12.5. The Morgan fingerprint density at radius 2 is 2.24 bits per heavy atom. The van der Waals surface area contributed by atoms with Crippen LogP contribution in [0.3, 0.4) is 0 Å². The number of nitrogens with two attached hydrogens (primary N) is 1. The number of carbonyl (C=O) groups is 1. The van der Waals surface area contributed by atoms with Gasteiger partial charge < -0.3 is 10.5 Å². The lowest BCUT2D eigenvalue weighted by Crippen LogP contribution is -2.47. The van der Waals surface area contributed by atoms with Gasteiger partial charge in [0.05, 0.1) is 12.1 Å². The maximum Gasteiger partial charge on any atom is 0.182 e. The molecule has 3 nitrogen and oxygen atoms in total. The van der Waals surface area contributed by atoms with Crippen LogP contribution in [0.2, 0.25) is 0 Å². The van der Waals surface area contributed by atoms with Crippen molar-refractivity contribution in [2.45, 2.75) is 32.2 Å². The number of ketones is 1. The minimum atomic E-state index is -0.731. The summed E-state index contributed by atoms with van der Waals surface area (Å²) >= 11 is 0. The first-order valence-electron chi connectivity index (χ1n) is 6.12.